The number of hydrogen-bond donors (Lipinski definition) is 0. The normalized spacial score (nSPS) is 14.5. The van der Waals surface area contributed by atoms with Crippen LogP contribution in [0.1, 0.15) is 36.7 Å². The highest BCUT2D eigenvalue weighted by atomic mass is 35.5. The standard InChI is InChI=1S/C13H15ClO2/c1-13(2,3)12(15)10-7-9(14)6-8-4-5-16-11(8)10/h6-7H,4-5H2,1-3H3. The van der Waals surface area contributed by atoms with Crippen LogP contribution in [0, 0.1) is 5.41 Å². The predicted molar refractivity (Wildman–Crippen MR) is 64.4 cm³/mol. The van der Waals surface area contributed by atoms with Gasteiger partial charge in [0.1, 0.15) is 5.75 Å². The average molecular weight is 239 g/mol. The van der Waals surface area contributed by atoms with E-state index in [4.69, 9.17) is 16.3 Å². The molecule has 86 valence electrons. The number of rotatable bonds is 1. The van der Waals surface area contributed by atoms with Crippen molar-refractivity contribution in [3.63, 3.8) is 0 Å². The van der Waals surface area contributed by atoms with Gasteiger partial charge in [0.2, 0.25) is 0 Å². The molecule has 1 aromatic rings. The number of carbonyl (C=O) groups excluding carboxylic acids is 1. The fourth-order valence-corrected chi connectivity index (χ4v) is 2.08. The lowest BCUT2D eigenvalue weighted by atomic mass is 9.85. The second kappa shape index (κ2) is 3.77. The molecule has 1 aliphatic heterocycles. The number of Topliss-reactive ketones (excluding diaryl/α,β-unsaturated/α-hetero) is 1. The summed E-state index contributed by atoms with van der Waals surface area (Å²) in [7, 11) is 0. The summed E-state index contributed by atoms with van der Waals surface area (Å²) in [5.74, 6) is 0.803. The van der Waals surface area contributed by atoms with Gasteiger partial charge in [-0.25, -0.2) is 0 Å². The monoisotopic (exact) mass is 238 g/mol. The van der Waals surface area contributed by atoms with E-state index < -0.39 is 5.41 Å². The molecule has 0 N–H and O–H groups in total. The van der Waals surface area contributed by atoms with E-state index in [1.165, 1.54) is 0 Å². The Morgan fingerprint density at radius 3 is 2.69 bits per heavy atom. The van der Waals surface area contributed by atoms with E-state index in [1.54, 1.807) is 6.07 Å². The lowest BCUT2D eigenvalue weighted by Crippen LogP contribution is -2.20. The lowest BCUT2D eigenvalue weighted by molar-refractivity contribution is 0.0855. The van der Waals surface area contributed by atoms with Crippen LogP contribution in [0.15, 0.2) is 12.1 Å². The minimum atomic E-state index is -0.412. The Morgan fingerprint density at radius 2 is 2.06 bits per heavy atom. The molecule has 3 heteroatoms. The maximum absolute atomic E-state index is 12.2. The molecule has 0 saturated carbocycles. The molecule has 0 spiro atoms. The van der Waals surface area contributed by atoms with Crippen LogP contribution in [0.25, 0.3) is 0 Å². The molecule has 0 aromatic heterocycles. The van der Waals surface area contributed by atoms with Crippen molar-refractivity contribution in [2.45, 2.75) is 27.2 Å². The number of fused-ring (bicyclic) bond motifs is 1. The van der Waals surface area contributed by atoms with E-state index in [0.717, 1.165) is 17.7 Å². The van der Waals surface area contributed by atoms with Gasteiger partial charge in [0.15, 0.2) is 5.78 Å². The Balaban J connectivity index is 2.53. The Bertz CT molecular complexity index is 444. The van der Waals surface area contributed by atoms with Crippen molar-refractivity contribution in [1.82, 2.24) is 0 Å². The van der Waals surface area contributed by atoms with Gasteiger partial charge in [0.25, 0.3) is 0 Å². The van der Waals surface area contributed by atoms with Crippen molar-refractivity contribution in [2.75, 3.05) is 6.61 Å². The maximum Gasteiger partial charge on any atom is 0.171 e. The van der Waals surface area contributed by atoms with Gasteiger partial charge in [0, 0.05) is 16.9 Å². The van der Waals surface area contributed by atoms with Gasteiger partial charge in [-0.2, -0.15) is 0 Å². The van der Waals surface area contributed by atoms with E-state index in [0.29, 0.717) is 17.2 Å². The first kappa shape index (κ1) is 11.5. The Morgan fingerprint density at radius 1 is 1.38 bits per heavy atom. The lowest BCUT2D eigenvalue weighted by Gasteiger charge is -2.18. The molecule has 0 saturated heterocycles. The molecule has 0 aliphatic carbocycles. The molecule has 1 aliphatic rings. The summed E-state index contributed by atoms with van der Waals surface area (Å²) in [6.45, 7) is 6.34. The molecule has 16 heavy (non-hydrogen) atoms. The van der Waals surface area contributed by atoms with Gasteiger partial charge in [0.05, 0.1) is 12.2 Å². The molecule has 0 atom stereocenters. The van der Waals surface area contributed by atoms with E-state index in [2.05, 4.69) is 0 Å². The van der Waals surface area contributed by atoms with Crippen molar-refractivity contribution in [1.29, 1.82) is 0 Å². The Labute approximate surface area is 101 Å². The summed E-state index contributed by atoms with van der Waals surface area (Å²) >= 11 is 6.01. The smallest absolute Gasteiger partial charge is 0.171 e. The summed E-state index contributed by atoms with van der Waals surface area (Å²) in [5, 5.41) is 0.608. The fraction of sp³-hybridized carbons (Fsp3) is 0.462. The third-order valence-corrected chi connectivity index (χ3v) is 2.89. The van der Waals surface area contributed by atoms with Crippen LogP contribution >= 0.6 is 11.6 Å². The van der Waals surface area contributed by atoms with Crippen LogP contribution in [0.5, 0.6) is 5.75 Å². The molecule has 2 rings (SSSR count). The summed E-state index contributed by atoms with van der Waals surface area (Å²) in [4.78, 5) is 12.2. The second-order valence-electron chi connectivity index (χ2n) is 5.12. The highest BCUT2D eigenvalue weighted by Crippen LogP contribution is 2.36. The number of ether oxygens (including phenoxy) is 1. The van der Waals surface area contributed by atoms with Gasteiger partial charge in [-0.05, 0) is 17.7 Å². The van der Waals surface area contributed by atoms with Crippen LogP contribution in [0.2, 0.25) is 5.02 Å². The van der Waals surface area contributed by atoms with Crippen LogP contribution in [0.4, 0.5) is 0 Å². The van der Waals surface area contributed by atoms with Crippen molar-refractivity contribution in [2.24, 2.45) is 5.41 Å². The summed E-state index contributed by atoms with van der Waals surface area (Å²) in [6, 6.07) is 3.59. The minimum absolute atomic E-state index is 0.0770. The van der Waals surface area contributed by atoms with Gasteiger partial charge in [-0.3, -0.25) is 4.79 Å². The van der Waals surface area contributed by atoms with E-state index in [-0.39, 0.29) is 5.78 Å². The summed E-state index contributed by atoms with van der Waals surface area (Å²) in [5.41, 5.74) is 1.25. The van der Waals surface area contributed by atoms with Gasteiger partial charge >= 0.3 is 0 Å². The number of carbonyl (C=O) groups is 1. The molecule has 0 unspecified atom stereocenters. The van der Waals surface area contributed by atoms with Crippen molar-refractivity contribution >= 4 is 17.4 Å². The topological polar surface area (TPSA) is 26.3 Å². The third kappa shape index (κ3) is 1.94. The van der Waals surface area contributed by atoms with Crippen molar-refractivity contribution < 1.29 is 9.53 Å². The van der Waals surface area contributed by atoms with Crippen molar-refractivity contribution in [3.05, 3.63) is 28.3 Å². The number of halogens is 1. The summed E-state index contributed by atoms with van der Waals surface area (Å²) < 4.78 is 5.52. The highest BCUT2D eigenvalue weighted by molar-refractivity contribution is 6.31. The zero-order valence-electron chi connectivity index (χ0n) is 9.76. The van der Waals surface area contributed by atoms with Crippen molar-refractivity contribution in [3.8, 4) is 5.75 Å². The molecular formula is C13H15ClO2. The van der Waals surface area contributed by atoms with Crippen LogP contribution in [-0.4, -0.2) is 12.4 Å². The number of benzene rings is 1. The largest absolute Gasteiger partial charge is 0.492 e. The molecule has 1 aromatic carbocycles. The first-order valence-electron chi connectivity index (χ1n) is 5.39. The van der Waals surface area contributed by atoms with E-state index >= 15 is 0 Å². The van der Waals surface area contributed by atoms with Gasteiger partial charge in [-0.1, -0.05) is 32.4 Å². The van der Waals surface area contributed by atoms with Crippen LogP contribution in [-0.2, 0) is 6.42 Å². The van der Waals surface area contributed by atoms with Crippen LogP contribution < -0.4 is 4.74 Å². The Kier molecular flexibility index (Phi) is 2.70. The first-order valence-corrected chi connectivity index (χ1v) is 5.77. The van der Waals surface area contributed by atoms with Gasteiger partial charge < -0.3 is 4.74 Å². The van der Waals surface area contributed by atoms with E-state index in [9.17, 15) is 4.79 Å². The second-order valence-corrected chi connectivity index (χ2v) is 5.56. The minimum Gasteiger partial charge on any atom is -0.492 e. The average Bonchev–Trinajstić information content (AvgIpc) is 2.61. The molecule has 0 amide bonds. The molecule has 0 fully saturated rings. The molecule has 1 heterocycles. The molecule has 0 radical (unpaired) electrons. The molecular weight excluding hydrogens is 224 g/mol. The fourth-order valence-electron chi connectivity index (χ4n) is 1.84. The van der Waals surface area contributed by atoms with Gasteiger partial charge in [-0.15, -0.1) is 0 Å². The van der Waals surface area contributed by atoms with E-state index in [1.807, 2.05) is 26.8 Å². The number of hydrogen-bond acceptors (Lipinski definition) is 2. The molecule has 0 bridgehead atoms. The molecule has 2 nitrogen and oxygen atoms in total. The third-order valence-electron chi connectivity index (χ3n) is 2.67. The number of ketones is 1. The maximum atomic E-state index is 12.2. The Hall–Kier alpha value is -1.02. The predicted octanol–water partition coefficient (Wildman–Crippen LogP) is 3.50. The first-order chi connectivity index (χ1) is 7.39. The zero-order chi connectivity index (χ0) is 11.9. The zero-order valence-corrected chi connectivity index (χ0v) is 10.5. The summed E-state index contributed by atoms with van der Waals surface area (Å²) in [6.07, 6.45) is 0.834. The SMILES string of the molecule is CC(C)(C)C(=O)c1cc(Cl)cc2c1OCC2. The quantitative estimate of drug-likeness (QED) is 0.700. The van der Waals surface area contributed by atoms with Crippen LogP contribution in [0.3, 0.4) is 0 Å². The highest BCUT2D eigenvalue weighted by Gasteiger charge is 2.29.